The molecule has 1 aliphatic rings. The summed E-state index contributed by atoms with van der Waals surface area (Å²) in [5.41, 5.74) is 1.47. The van der Waals surface area contributed by atoms with Crippen molar-refractivity contribution in [2.45, 2.75) is 0 Å². The molecule has 108 valence electrons. The number of benzene rings is 1. The van der Waals surface area contributed by atoms with Crippen LogP contribution < -0.4 is 4.90 Å². The van der Waals surface area contributed by atoms with Crippen LogP contribution in [-0.2, 0) is 0 Å². The van der Waals surface area contributed by atoms with E-state index in [-0.39, 0.29) is 11.7 Å². The first-order chi connectivity index (χ1) is 10.2. The number of amides is 1. The molecule has 2 aromatic rings. The predicted molar refractivity (Wildman–Crippen MR) is 78.8 cm³/mol. The predicted octanol–water partition coefficient (Wildman–Crippen LogP) is 2.18. The van der Waals surface area contributed by atoms with Crippen molar-refractivity contribution in [3.63, 3.8) is 0 Å². The van der Waals surface area contributed by atoms with Gasteiger partial charge in [-0.2, -0.15) is 0 Å². The minimum atomic E-state index is -0.234. The number of carbonyl (C=O) groups is 1. The Bertz CT molecular complexity index is 607. The van der Waals surface area contributed by atoms with Crippen LogP contribution in [0.2, 0.25) is 0 Å². The van der Waals surface area contributed by atoms with Crippen LogP contribution in [0.4, 0.5) is 10.1 Å². The van der Waals surface area contributed by atoms with E-state index < -0.39 is 0 Å². The van der Waals surface area contributed by atoms with Gasteiger partial charge in [-0.05, 0) is 36.4 Å². The molecule has 0 bridgehead atoms. The van der Waals surface area contributed by atoms with E-state index >= 15 is 0 Å². The molecule has 2 heterocycles. The molecule has 1 amide bonds. The zero-order chi connectivity index (χ0) is 14.7. The van der Waals surface area contributed by atoms with Crippen LogP contribution in [0.15, 0.2) is 48.7 Å². The van der Waals surface area contributed by atoms with Gasteiger partial charge in [-0.15, -0.1) is 0 Å². The number of nitrogens with zero attached hydrogens (tertiary/aromatic N) is 3. The van der Waals surface area contributed by atoms with Crippen LogP contribution in [0.25, 0.3) is 0 Å². The molecule has 5 heteroatoms. The van der Waals surface area contributed by atoms with Crippen molar-refractivity contribution in [3.05, 3.63) is 60.2 Å². The smallest absolute Gasteiger partial charge is 0.272 e. The molecule has 0 N–H and O–H groups in total. The van der Waals surface area contributed by atoms with Crippen LogP contribution in [0, 0.1) is 5.82 Å². The lowest BCUT2D eigenvalue weighted by atomic mass is 10.2. The standard InChI is InChI=1S/C16H16FN3O/c17-13-4-6-14(7-5-13)19-9-11-20(12-10-19)16(21)15-3-1-2-8-18-15/h1-8H,9-12H2. The summed E-state index contributed by atoms with van der Waals surface area (Å²) in [7, 11) is 0. The molecule has 0 radical (unpaired) electrons. The van der Waals surface area contributed by atoms with Crippen molar-refractivity contribution < 1.29 is 9.18 Å². The monoisotopic (exact) mass is 285 g/mol. The number of aromatic nitrogens is 1. The number of pyridine rings is 1. The highest BCUT2D eigenvalue weighted by atomic mass is 19.1. The summed E-state index contributed by atoms with van der Waals surface area (Å²) in [5, 5.41) is 0. The minimum Gasteiger partial charge on any atom is -0.368 e. The fourth-order valence-electron chi connectivity index (χ4n) is 2.47. The summed E-state index contributed by atoms with van der Waals surface area (Å²) in [4.78, 5) is 20.3. The summed E-state index contributed by atoms with van der Waals surface area (Å²) in [6, 6.07) is 11.8. The van der Waals surface area contributed by atoms with Gasteiger partial charge in [0.25, 0.3) is 5.91 Å². The Morgan fingerprint density at radius 2 is 1.71 bits per heavy atom. The third-order valence-electron chi connectivity index (χ3n) is 3.64. The molecule has 0 atom stereocenters. The molecule has 1 aromatic carbocycles. The maximum absolute atomic E-state index is 12.9. The second-order valence-electron chi connectivity index (χ2n) is 4.97. The Hall–Kier alpha value is -2.43. The number of carbonyl (C=O) groups excluding carboxylic acids is 1. The van der Waals surface area contributed by atoms with Crippen molar-refractivity contribution >= 4 is 11.6 Å². The highest BCUT2D eigenvalue weighted by molar-refractivity contribution is 5.92. The van der Waals surface area contributed by atoms with Crippen molar-refractivity contribution in [2.24, 2.45) is 0 Å². The van der Waals surface area contributed by atoms with E-state index in [9.17, 15) is 9.18 Å². The van der Waals surface area contributed by atoms with Gasteiger partial charge in [0.2, 0.25) is 0 Å². The molecule has 3 rings (SSSR count). The summed E-state index contributed by atoms with van der Waals surface area (Å²) in [6.45, 7) is 2.77. The van der Waals surface area contributed by atoms with Gasteiger partial charge < -0.3 is 9.80 Å². The van der Waals surface area contributed by atoms with Crippen molar-refractivity contribution in [3.8, 4) is 0 Å². The fourth-order valence-corrected chi connectivity index (χ4v) is 2.47. The minimum absolute atomic E-state index is 0.0330. The molecule has 21 heavy (non-hydrogen) atoms. The van der Waals surface area contributed by atoms with Crippen LogP contribution in [0.1, 0.15) is 10.5 Å². The Kier molecular flexibility index (Phi) is 3.81. The zero-order valence-electron chi connectivity index (χ0n) is 11.6. The Morgan fingerprint density at radius 1 is 1.00 bits per heavy atom. The molecular formula is C16H16FN3O. The van der Waals surface area contributed by atoms with E-state index in [1.165, 1.54) is 12.1 Å². The lowest BCUT2D eigenvalue weighted by Gasteiger charge is -2.36. The first kappa shape index (κ1) is 13.5. The summed E-state index contributed by atoms with van der Waals surface area (Å²) < 4.78 is 12.9. The summed E-state index contributed by atoms with van der Waals surface area (Å²) in [6.07, 6.45) is 1.63. The number of anilines is 1. The van der Waals surface area contributed by atoms with Crippen molar-refractivity contribution in [1.82, 2.24) is 9.88 Å². The second-order valence-corrected chi connectivity index (χ2v) is 4.97. The van der Waals surface area contributed by atoms with E-state index in [1.54, 1.807) is 30.5 Å². The molecule has 0 aliphatic carbocycles. The number of hydrogen-bond donors (Lipinski definition) is 0. The van der Waals surface area contributed by atoms with Crippen LogP contribution >= 0.6 is 0 Å². The van der Waals surface area contributed by atoms with Crippen molar-refractivity contribution in [2.75, 3.05) is 31.1 Å². The summed E-state index contributed by atoms with van der Waals surface area (Å²) >= 11 is 0. The first-order valence-electron chi connectivity index (χ1n) is 6.95. The molecule has 4 nitrogen and oxygen atoms in total. The lowest BCUT2D eigenvalue weighted by molar-refractivity contribution is 0.0741. The van der Waals surface area contributed by atoms with E-state index in [2.05, 4.69) is 9.88 Å². The van der Waals surface area contributed by atoms with Gasteiger partial charge in [-0.25, -0.2) is 4.39 Å². The molecule has 1 saturated heterocycles. The van der Waals surface area contributed by atoms with E-state index in [0.717, 1.165) is 18.8 Å². The Labute approximate surface area is 122 Å². The molecule has 1 aromatic heterocycles. The molecule has 0 saturated carbocycles. The maximum atomic E-state index is 12.9. The van der Waals surface area contributed by atoms with Crippen LogP contribution in [0.5, 0.6) is 0 Å². The van der Waals surface area contributed by atoms with Gasteiger partial charge in [-0.3, -0.25) is 9.78 Å². The average Bonchev–Trinajstić information content (AvgIpc) is 2.56. The van der Waals surface area contributed by atoms with Gasteiger partial charge in [0.15, 0.2) is 0 Å². The second kappa shape index (κ2) is 5.91. The van der Waals surface area contributed by atoms with Gasteiger partial charge in [0, 0.05) is 38.1 Å². The lowest BCUT2D eigenvalue weighted by Crippen LogP contribution is -2.49. The van der Waals surface area contributed by atoms with Crippen molar-refractivity contribution in [1.29, 1.82) is 0 Å². The maximum Gasteiger partial charge on any atom is 0.272 e. The number of halogens is 1. The molecule has 1 fully saturated rings. The third-order valence-corrected chi connectivity index (χ3v) is 3.64. The highest BCUT2D eigenvalue weighted by Gasteiger charge is 2.22. The average molecular weight is 285 g/mol. The summed E-state index contributed by atoms with van der Waals surface area (Å²) in [5.74, 6) is -0.267. The largest absolute Gasteiger partial charge is 0.368 e. The Balaban J connectivity index is 1.63. The third kappa shape index (κ3) is 3.02. The van der Waals surface area contributed by atoms with Gasteiger partial charge in [-0.1, -0.05) is 6.07 Å². The number of piperazine rings is 1. The normalized spacial score (nSPS) is 15.1. The fraction of sp³-hybridized carbons (Fsp3) is 0.250. The quantitative estimate of drug-likeness (QED) is 0.848. The van der Waals surface area contributed by atoms with E-state index in [1.807, 2.05) is 11.0 Å². The Morgan fingerprint density at radius 3 is 2.33 bits per heavy atom. The van der Waals surface area contributed by atoms with Crippen LogP contribution in [0.3, 0.4) is 0 Å². The first-order valence-corrected chi connectivity index (χ1v) is 6.95. The van der Waals surface area contributed by atoms with Gasteiger partial charge in [0.1, 0.15) is 11.5 Å². The molecule has 0 unspecified atom stereocenters. The molecule has 0 spiro atoms. The molecular weight excluding hydrogens is 269 g/mol. The molecule has 1 aliphatic heterocycles. The number of hydrogen-bond acceptors (Lipinski definition) is 3. The van der Waals surface area contributed by atoms with E-state index in [4.69, 9.17) is 0 Å². The van der Waals surface area contributed by atoms with Crippen LogP contribution in [-0.4, -0.2) is 42.0 Å². The van der Waals surface area contributed by atoms with E-state index in [0.29, 0.717) is 18.8 Å². The zero-order valence-corrected chi connectivity index (χ0v) is 11.6. The SMILES string of the molecule is O=C(c1ccccn1)N1CCN(c2ccc(F)cc2)CC1. The van der Waals surface area contributed by atoms with Gasteiger partial charge >= 0.3 is 0 Å². The highest BCUT2D eigenvalue weighted by Crippen LogP contribution is 2.17. The topological polar surface area (TPSA) is 36.4 Å². The number of rotatable bonds is 2. The van der Waals surface area contributed by atoms with Gasteiger partial charge in [0.05, 0.1) is 0 Å².